The monoisotopic (exact) mass is 254 g/mol. The maximum Gasteiger partial charge on any atom is 0.0735 e. The number of rotatable bonds is 3. The van der Waals surface area contributed by atoms with Crippen molar-refractivity contribution in [2.45, 2.75) is 44.3 Å². The first kappa shape index (κ1) is 12.9. The maximum atomic E-state index is 10.6. The third-order valence-electron chi connectivity index (χ3n) is 3.46. The minimum Gasteiger partial charge on any atom is -0.389 e. The standard InChI is InChI=1S/C14H19ClO2/c1-2-12-10-14(16,7-8-17-12)9-11-5-3-4-6-13(11)15/h3-6,12,16H,2,7-10H2,1H3. The molecule has 2 rings (SSSR count). The lowest BCUT2D eigenvalue weighted by atomic mass is 9.84. The number of halogens is 1. The van der Waals surface area contributed by atoms with Crippen LogP contribution < -0.4 is 0 Å². The molecule has 2 nitrogen and oxygen atoms in total. The Morgan fingerprint density at radius 2 is 2.24 bits per heavy atom. The van der Waals surface area contributed by atoms with E-state index in [0.29, 0.717) is 25.9 Å². The Balaban J connectivity index is 2.09. The highest BCUT2D eigenvalue weighted by molar-refractivity contribution is 6.31. The van der Waals surface area contributed by atoms with Crippen molar-refractivity contribution in [2.75, 3.05) is 6.61 Å². The van der Waals surface area contributed by atoms with Gasteiger partial charge >= 0.3 is 0 Å². The third-order valence-corrected chi connectivity index (χ3v) is 3.83. The van der Waals surface area contributed by atoms with Crippen LogP contribution in [0.5, 0.6) is 0 Å². The van der Waals surface area contributed by atoms with Gasteiger partial charge in [0.2, 0.25) is 0 Å². The molecule has 1 N–H and O–H groups in total. The zero-order chi connectivity index (χ0) is 12.3. The van der Waals surface area contributed by atoms with Crippen molar-refractivity contribution in [3.8, 4) is 0 Å². The Hall–Kier alpha value is -0.570. The van der Waals surface area contributed by atoms with Crippen LogP contribution in [0.2, 0.25) is 5.02 Å². The molecule has 2 atom stereocenters. The lowest BCUT2D eigenvalue weighted by molar-refractivity contribution is -0.103. The van der Waals surface area contributed by atoms with E-state index >= 15 is 0 Å². The van der Waals surface area contributed by atoms with Crippen molar-refractivity contribution in [1.29, 1.82) is 0 Å². The van der Waals surface area contributed by atoms with E-state index in [2.05, 4.69) is 6.92 Å². The van der Waals surface area contributed by atoms with Crippen LogP contribution in [0.15, 0.2) is 24.3 Å². The van der Waals surface area contributed by atoms with Gasteiger partial charge in [0.15, 0.2) is 0 Å². The Morgan fingerprint density at radius 3 is 2.94 bits per heavy atom. The van der Waals surface area contributed by atoms with Gasteiger partial charge in [0.1, 0.15) is 0 Å². The van der Waals surface area contributed by atoms with Gasteiger partial charge in [0.25, 0.3) is 0 Å². The van der Waals surface area contributed by atoms with Gasteiger partial charge in [-0.15, -0.1) is 0 Å². The molecule has 1 aromatic rings. The summed E-state index contributed by atoms with van der Waals surface area (Å²) in [7, 11) is 0. The molecule has 17 heavy (non-hydrogen) atoms. The Kier molecular flexibility index (Phi) is 4.08. The lowest BCUT2D eigenvalue weighted by Gasteiger charge is -2.37. The quantitative estimate of drug-likeness (QED) is 0.898. The van der Waals surface area contributed by atoms with Gasteiger partial charge in [-0.1, -0.05) is 36.7 Å². The highest BCUT2D eigenvalue weighted by Crippen LogP contribution is 2.31. The minimum absolute atomic E-state index is 0.177. The number of aliphatic hydroxyl groups is 1. The molecule has 0 bridgehead atoms. The van der Waals surface area contributed by atoms with Crippen molar-refractivity contribution in [2.24, 2.45) is 0 Å². The summed E-state index contributed by atoms with van der Waals surface area (Å²) in [5.74, 6) is 0. The molecule has 1 saturated heterocycles. The number of ether oxygens (including phenoxy) is 1. The van der Waals surface area contributed by atoms with Crippen molar-refractivity contribution < 1.29 is 9.84 Å². The van der Waals surface area contributed by atoms with Crippen LogP contribution in [0.1, 0.15) is 31.7 Å². The summed E-state index contributed by atoms with van der Waals surface area (Å²) >= 11 is 6.13. The molecule has 0 aliphatic carbocycles. The molecule has 3 heteroatoms. The third kappa shape index (κ3) is 3.21. The van der Waals surface area contributed by atoms with E-state index in [-0.39, 0.29) is 6.10 Å². The normalized spacial score (nSPS) is 29.2. The fourth-order valence-corrected chi connectivity index (χ4v) is 2.62. The van der Waals surface area contributed by atoms with Gasteiger partial charge in [0, 0.05) is 24.5 Å². The topological polar surface area (TPSA) is 29.5 Å². The molecule has 0 aromatic heterocycles. The molecule has 0 radical (unpaired) electrons. The molecule has 2 unspecified atom stereocenters. The Labute approximate surface area is 108 Å². The van der Waals surface area contributed by atoms with Gasteiger partial charge in [-0.3, -0.25) is 0 Å². The molecular formula is C14H19ClO2. The largest absolute Gasteiger partial charge is 0.389 e. The lowest BCUT2D eigenvalue weighted by Crippen LogP contribution is -2.42. The van der Waals surface area contributed by atoms with Crippen LogP contribution in [0, 0.1) is 0 Å². The van der Waals surface area contributed by atoms with Crippen molar-refractivity contribution in [1.82, 2.24) is 0 Å². The number of hydrogen-bond acceptors (Lipinski definition) is 2. The summed E-state index contributed by atoms with van der Waals surface area (Å²) in [5.41, 5.74) is 0.359. The second-order valence-corrected chi connectivity index (χ2v) is 5.25. The first-order chi connectivity index (χ1) is 8.13. The summed E-state index contributed by atoms with van der Waals surface area (Å²) in [6.45, 7) is 2.73. The van der Waals surface area contributed by atoms with Crippen LogP contribution in [0.3, 0.4) is 0 Å². The Bertz CT molecular complexity index is 380. The van der Waals surface area contributed by atoms with Crippen LogP contribution >= 0.6 is 11.6 Å². The van der Waals surface area contributed by atoms with E-state index in [4.69, 9.17) is 16.3 Å². The van der Waals surface area contributed by atoms with Crippen molar-refractivity contribution >= 4 is 11.6 Å². The summed E-state index contributed by atoms with van der Waals surface area (Å²) < 4.78 is 5.60. The van der Waals surface area contributed by atoms with Crippen LogP contribution in [0.25, 0.3) is 0 Å². The van der Waals surface area contributed by atoms with E-state index in [1.165, 1.54) is 0 Å². The highest BCUT2D eigenvalue weighted by atomic mass is 35.5. The predicted molar refractivity (Wildman–Crippen MR) is 69.4 cm³/mol. The first-order valence-electron chi connectivity index (χ1n) is 6.20. The summed E-state index contributed by atoms with van der Waals surface area (Å²) in [6.07, 6.45) is 3.14. The van der Waals surface area contributed by atoms with Gasteiger partial charge in [-0.2, -0.15) is 0 Å². The molecule has 1 aliphatic heterocycles. The van der Waals surface area contributed by atoms with E-state index in [1.807, 2.05) is 24.3 Å². The fourth-order valence-electron chi connectivity index (χ4n) is 2.42. The van der Waals surface area contributed by atoms with Crippen LogP contribution in [-0.4, -0.2) is 23.4 Å². The molecule has 0 saturated carbocycles. The summed E-state index contributed by atoms with van der Waals surface area (Å²) in [5, 5.41) is 11.3. The number of benzene rings is 1. The van der Waals surface area contributed by atoms with E-state index in [1.54, 1.807) is 0 Å². The van der Waals surface area contributed by atoms with Crippen LogP contribution in [-0.2, 0) is 11.2 Å². The van der Waals surface area contributed by atoms with Gasteiger partial charge < -0.3 is 9.84 Å². The van der Waals surface area contributed by atoms with Gasteiger partial charge in [0.05, 0.1) is 11.7 Å². The molecule has 0 spiro atoms. The van der Waals surface area contributed by atoms with Gasteiger partial charge in [-0.05, 0) is 24.5 Å². The molecule has 94 valence electrons. The SMILES string of the molecule is CCC1CC(O)(Cc2ccccc2Cl)CCO1. The Morgan fingerprint density at radius 1 is 1.47 bits per heavy atom. The van der Waals surface area contributed by atoms with Crippen molar-refractivity contribution in [3.63, 3.8) is 0 Å². The highest BCUT2D eigenvalue weighted by Gasteiger charge is 2.34. The second kappa shape index (κ2) is 5.38. The van der Waals surface area contributed by atoms with Crippen molar-refractivity contribution in [3.05, 3.63) is 34.9 Å². The van der Waals surface area contributed by atoms with E-state index < -0.39 is 5.60 Å². The smallest absolute Gasteiger partial charge is 0.0735 e. The zero-order valence-corrected chi connectivity index (χ0v) is 10.9. The molecule has 0 amide bonds. The molecule has 1 aliphatic rings. The molecule has 1 fully saturated rings. The maximum absolute atomic E-state index is 10.6. The average Bonchev–Trinajstić information content (AvgIpc) is 2.32. The summed E-state index contributed by atoms with van der Waals surface area (Å²) in [4.78, 5) is 0. The number of hydrogen-bond donors (Lipinski definition) is 1. The average molecular weight is 255 g/mol. The van der Waals surface area contributed by atoms with E-state index in [0.717, 1.165) is 17.0 Å². The predicted octanol–water partition coefficient (Wildman–Crippen LogP) is 3.20. The first-order valence-corrected chi connectivity index (χ1v) is 6.58. The molecule has 1 heterocycles. The zero-order valence-electron chi connectivity index (χ0n) is 10.2. The second-order valence-electron chi connectivity index (χ2n) is 4.85. The van der Waals surface area contributed by atoms with Gasteiger partial charge in [-0.25, -0.2) is 0 Å². The fraction of sp³-hybridized carbons (Fsp3) is 0.571. The molecular weight excluding hydrogens is 236 g/mol. The van der Waals surface area contributed by atoms with Crippen LogP contribution in [0.4, 0.5) is 0 Å². The van der Waals surface area contributed by atoms with E-state index in [9.17, 15) is 5.11 Å². The minimum atomic E-state index is -0.663. The molecule has 1 aromatic carbocycles. The summed E-state index contributed by atoms with van der Waals surface area (Å²) in [6, 6.07) is 7.73.